The number of hydrogen-bond acceptors (Lipinski definition) is 3. The highest BCUT2D eigenvalue weighted by Crippen LogP contribution is 2.08. The molecule has 0 spiro atoms. The van der Waals surface area contributed by atoms with Gasteiger partial charge in [0.05, 0.1) is 0 Å². The summed E-state index contributed by atoms with van der Waals surface area (Å²) in [7, 11) is 0. The van der Waals surface area contributed by atoms with Gasteiger partial charge in [0.25, 0.3) is 0 Å². The number of likely N-dealkylation sites (tertiary alicyclic amines) is 1. The third-order valence-electron chi connectivity index (χ3n) is 3.20. The third-order valence-corrected chi connectivity index (χ3v) is 3.20. The van der Waals surface area contributed by atoms with Crippen molar-refractivity contribution in [2.24, 2.45) is 11.7 Å². The van der Waals surface area contributed by atoms with Crippen molar-refractivity contribution < 1.29 is 4.79 Å². The van der Waals surface area contributed by atoms with Gasteiger partial charge in [0.2, 0.25) is 5.91 Å². The van der Waals surface area contributed by atoms with Crippen LogP contribution in [0.5, 0.6) is 0 Å². The number of nitrogens with zero attached hydrogens (tertiary/aromatic N) is 1. The first-order valence-electron chi connectivity index (χ1n) is 6.44. The van der Waals surface area contributed by atoms with Gasteiger partial charge >= 0.3 is 0 Å². The molecule has 3 N–H and O–H groups in total. The lowest BCUT2D eigenvalue weighted by Gasteiger charge is -2.26. The lowest BCUT2D eigenvalue weighted by atomic mass is 10.1. The summed E-state index contributed by atoms with van der Waals surface area (Å²) in [6.45, 7) is 6.63. The van der Waals surface area contributed by atoms with Crippen molar-refractivity contribution in [3.63, 3.8) is 0 Å². The molecular formula is C12H27Cl2N3O. The number of nitrogens with two attached hydrogens (primary N) is 1. The molecule has 0 aliphatic carbocycles. The molecule has 1 aliphatic heterocycles. The van der Waals surface area contributed by atoms with Gasteiger partial charge in [-0.25, -0.2) is 0 Å². The van der Waals surface area contributed by atoms with Gasteiger partial charge in [-0.15, -0.1) is 24.8 Å². The lowest BCUT2D eigenvalue weighted by molar-refractivity contribution is -0.124. The van der Waals surface area contributed by atoms with Gasteiger partial charge in [0, 0.05) is 19.0 Å². The highest BCUT2D eigenvalue weighted by molar-refractivity contribution is 5.85. The monoisotopic (exact) mass is 299 g/mol. The van der Waals surface area contributed by atoms with E-state index < -0.39 is 0 Å². The normalized spacial score (nSPS) is 17.2. The van der Waals surface area contributed by atoms with Crippen molar-refractivity contribution in [2.75, 3.05) is 32.7 Å². The van der Waals surface area contributed by atoms with E-state index >= 15 is 0 Å². The first kappa shape index (κ1) is 20.3. The second kappa shape index (κ2) is 12.0. The molecule has 110 valence electrons. The van der Waals surface area contributed by atoms with Gasteiger partial charge in [-0.3, -0.25) is 4.79 Å². The zero-order valence-corrected chi connectivity index (χ0v) is 12.8. The Balaban J connectivity index is 0. The second-order valence-corrected chi connectivity index (χ2v) is 4.68. The molecule has 0 aromatic heterocycles. The lowest BCUT2D eigenvalue weighted by Crippen LogP contribution is -2.36. The van der Waals surface area contributed by atoms with E-state index in [0.29, 0.717) is 6.54 Å². The first-order chi connectivity index (χ1) is 7.74. The number of nitrogens with one attached hydrogen (secondary N) is 1. The number of piperidine rings is 1. The van der Waals surface area contributed by atoms with Crippen LogP contribution in [-0.4, -0.2) is 43.5 Å². The standard InChI is InChI=1S/C12H25N3O.2ClH/c1-11(10-13)12(16)14-6-5-9-15-7-3-2-4-8-15;;/h11H,2-10,13H2,1H3,(H,14,16);2*1H. The summed E-state index contributed by atoms with van der Waals surface area (Å²) in [4.78, 5) is 13.9. The molecule has 4 nitrogen and oxygen atoms in total. The molecule has 1 amide bonds. The SMILES string of the molecule is CC(CN)C(=O)NCCCN1CCCCC1.Cl.Cl. The molecule has 1 unspecified atom stereocenters. The fourth-order valence-corrected chi connectivity index (χ4v) is 1.98. The molecule has 1 saturated heterocycles. The number of hydrogen-bond donors (Lipinski definition) is 2. The van der Waals surface area contributed by atoms with Gasteiger partial charge < -0.3 is 16.0 Å². The number of rotatable bonds is 6. The van der Waals surface area contributed by atoms with Crippen molar-refractivity contribution in [3.8, 4) is 0 Å². The highest BCUT2D eigenvalue weighted by atomic mass is 35.5. The maximum atomic E-state index is 11.4. The van der Waals surface area contributed by atoms with Gasteiger partial charge in [-0.1, -0.05) is 13.3 Å². The molecule has 0 bridgehead atoms. The molecule has 1 aliphatic rings. The summed E-state index contributed by atoms with van der Waals surface area (Å²) in [5, 5.41) is 2.93. The summed E-state index contributed by atoms with van der Waals surface area (Å²) >= 11 is 0. The number of carbonyl (C=O) groups excluding carboxylic acids is 1. The zero-order valence-electron chi connectivity index (χ0n) is 11.2. The Kier molecular flexibility index (Phi) is 13.6. The van der Waals surface area contributed by atoms with Gasteiger partial charge in [0.15, 0.2) is 0 Å². The van der Waals surface area contributed by atoms with Crippen LogP contribution >= 0.6 is 24.8 Å². The van der Waals surface area contributed by atoms with Gasteiger partial charge in [-0.05, 0) is 38.9 Å². The Hall–Kier alpha value is -0.0300. The molecule has 0 aromatic rings. The highest BCUT2D eigenvalue weighted by Gasteiger charge is 2.11. The predicted molar refractivity (Wildman–Crippen MR) is 80.6 cm³/mol. The number of amides is 1. The van der Waals surface area contributed by atoms with E-state index in [9.17, 15) is 4.79 Å². The van der Waals surface area contributed by atoms with E-state index in [0.717, 1.165) is 19.5 Å². The molecule has 1 rings (SSSR count). The van der Waals surface area contributed by atoms with Crippen molar-refractivity contribution in [3.05, 3.63) is 0 Å². The van der Waals surface area contributed by atoms with Crippen molar-refractivity contribution >= 4 is 30.7 Å². The Morgan fingerprint density at radius 1 is 1.28 bits per heavy atom. The molecule has 6 heteroatoms. The molecule has 1 fully saturated rings. The average molecular weight is 300 g/mol. The Labute approximate surface area is 123 Å². The van der Waals surface area contributed by atoms with E-state index in [1.807, 2.05) is 6.92 Å². The molecule has 0 saturated carbocycles. The van der Waals surface area contributed by atoms with Crippen LogP contribution < -0.4 is 11.1 Å². The van der Waals surface area contributed by atoms with Crippen LogP contribution in [-0.2, 0) is 4.79 Å². The minimum Gasteiger partial charge on any atom is -0.356 e. The summed E-state index contributed by atoms with van der Waals surface area (Å²) < 4.78 is 0. The van der Waals surface area contributed by atoms with Crippen LogP contribution in [0.15, 0.2) is 0 Å². The fourth-order valence-electron chi connectivity index (χ4n) is 1.98. The third kappa shape index (κ3) is 8.14. The molecular weight excluding hydrogens is 273 g/mol. The Morgan fingerprint density at radius 3 is 2.44 bits per heavy atom. The smallest absolute Gasteiger partial charge is 0.224 e. The zero-order chi connectivity index (χ0) is 11.8. The van der Waals surface area contributed by atoms with Crippen LogP contribution in [0.2, 0.25) is 0 Å². The Morgan fingerprint density at radius 2 is 1.89 bits per heavy atom. The van der Waals surface area contributed by atoms with E-state index in [4.69, 9.17) is 5.73 Å². The van der Waals surface area contributed by atoms with Crippen molar-refractivity contribution in [2.45, 2.75) is 32.6 Å². The van der Waals surface area contributed by atoms with Gasteiger partial charge in [-0.2, -0.15) is 0 Å². The minimum atomic E-state index is -0.0602. The van der Waals surface area contributed by atoms with Crippen molar-refractivity contribution in [1.29, 1.82) is 0 Å². The van der Waals surface area contributed by atoms with E-state index in [1.54, 1.807) is 0 Å². The molecule has 1 atom stereocenters. The van der Waals surface area contributed by atoms with Crippen LogP contribution in [0, 0.1) is 5.92 Å². The summed E-state index contributed by atoms with van der Waals surface area (Å²) in [5.74, 6) is 0.0242. The maximum absolute atomic E-state index is 11.4. The van der Waals surface area contributed by atoms with E-state index in [1.165, 1.54) is 32.4 Å². The molecule has 0 radical (unpaired) electrons. The number of halogens is 2. The predicted octanol–water partition coefficient (Wildman–Crippen LogP) is 1.42. The van der Waals surface area contributed by atoms with Crippen LogP contribution in [0.1, 0.15) is 32.6 Å². The van der Waals surface area contributed by atoms with Crippen molar-refractivity contribution in [1.82, 2.24) is 10.2 Å². The average Bonchev–Trinajstić information content (AvgIpc) is 2.34. The minimum absolute atomic E-state index is 0. The summed E-state index contributed by atoms with van der Waals surface area (Å²) in [6.07, 6.45) is 5.08. The quantitative estimate of drug-likeness (QED) is 0.729. The largest absolute Gasteiger partial charge is 0.356 e. The van der Waals surface area contributed by atoms with Crippen LogP contribution in [0.3, 0.4) is 0 Å². The van der Waals surface area contributed by atoms with E-state index in [-0.39, 0.29) is 36.6 Å². The fraction of sp³-hybridized carbons (Fsp3) is 0.917. The summed E-state index contributed by atoms with van der Waals surface area (Å²) in [5.41, 5.74) is 5.43. The topological polar surface area (TPSA) is 58.4 Å². The maximum Gasteiger partial charge on any atom is 0.224 e. The Bertz CT molecular complexity index is 211. The van der Waals surface area contributed by atoms with E-state index in [2.05, 4.69) is 10.2 Å². The van der Waals surface area contributed by atoms with Crippen LogP contribution in [0.25, 0.3) is 0 Å². The first-order valence-corrected chi connectivity index (χ1v) is 6.44. The van der Waals surface area contributed by atoms with Gasteiger partial charge in [0.1, 0.15) is 0 Å². The summed E-state index contributed by atoms with van der Waals surface area (Å²) in [6, 6.07) is 0. The molecule has 0 aromatic carbocycles. The molecule has 1 heterocycles. The molecule has 18 heavy (non-hydrogen) atoms. The number of carbonyl (C=O) groups is 1. The second-order valence-electron chi connectivity index (χ2n) is 4.68. The van der Waals surface area contributed by atoms with Crippen LogP contribution in [0.4, 0.5) is 0 Å².